The normalized spacial score (nSPS) is 10.9. The van der Waals surface area contributed by atoms with Gasteiger partial charge in [0.2, 0.25) is 0 Å². The molecule has 24 heavy (non-hydrogen) atoms. The van der Waals surface area contributed by atoms with Crippen LogP contribution in [0.4, 0.5) is 0 Å². The van der Waals surface area contributed by atoms with E-state index < -0.39 is 0 Å². The van der Waals surface area contributed by atoms with Crippen molar-refractivity contribution in [3.8, 4) is 16.8 Å². The molecule has 0 bridgehead atoms. The number of para-hydroxylation sites is 1. The average Bonchev–Trinajstić information content (AvgIpc) is 3.25. The highest BCUT2D eigenvalue weighted by molar-refractivity contribution is 5.60. The summed E-state index contributed by atoms with van der Waals surface area (Å²) in [5, 5.41) is 8.93. The largest absolute Gasteiger partial charge is 0.268 e. The number of hydrogen-bond donors (Lipinski definition) is 0. The number of rotatable bonds is 4. The van der Waals surface area contributed by atoms with E-state index in [0.717, 1.165) is 23.4 Å². The highest BCUT2D eigenvalue weighted by atomic mass is 15.3. The molecule has 4 rings (SSSR count). The van der Waals surface area contributed by atoms with Crippen molar-refractivity contribution in [3.05, 3.63) is 90.5 Å². The van der Waals surface area contributed by atoms with Gasteiger partial charge in [-0.15, -0.1) is 0 Å². The smallest absolute Gasteiger partial charge is 0.0659 e. The molecule has 0 aliphatic heterocycles. The van der Waals surface area contributed by atoms with E-state index in [4.69, 9.17) is 0 Å². The van der Waals surface area contributed by atoms with Crippen LogP contribution in [0.5, 0.6) is 0 Å². The molecule has 0 aliphatic rings. The van der Waals surface area contributed by atoms with Gasteiger partial charge in [0.1, 0.15) is 0 Å². The fourth-order valence-corrected chi connectivity index (χ4v) is 2.79. The average molecular weight is 314 g/mol. The molecule has 0 saturated carbocycles. The standard InChI is InChI=1S/C20H18N4/c1-16-6-5-7-17(10-16)13-23-14-18(11-21-23)19-12-22-24(15-19)20-8-3-2-4-9-20/h2-12,14-15H,13H2,1H3. The Bertz CT molecular complexity index is 950. The number of aromatic nitrogens is 4. The number of aryl methyl sites for hydroxylation is 1. The van der Waals surface area contributed by atoms with E-state index in [1.54, 1.807) is 0 Å². The number of nitrogens with zero attached hydrogens (tertiary/aromatic N) is 4. The first-order chi connectivity index (χ1) is 11.8. The second kappa shape index (κ2) is 6.16. The third-order valence-electron chi connectivity index (χ3n) is 4.00. The lowest BCUT2D eigenvalue weighted by atomic mass is 10.1. The summed E-state index contributed by atoms with van der Waals surface area (Å²) >= 11 is 0. The van der Waals surface area contributed by atoms with Crippen LogP contribution in [0.15, 0.2) is 79.4 Å². The Morgan fingerprint density at radius 2 is 1.62 bits per heavy atom. The Morgan fingerprint density at radius 1 is 0.833 bits per heavy atom. The van der Waals surface area contributed by atoms with E-state index in [-0.39, 0.29) is 0 Å². The van der Waals surface area contributed by atoms with Crippen LogP contribution in [0, 0.1) is 6.92 Å². The van der Waals surface area contributed by atoms with Crippen LogP contribution >= 0.6 is 0 Å². The van der Waals surface area contributed by atoms with Crippen molar-refractivity contribution in [1.82, 2.24) is 19.6 Å². The molecule has 4 nitrogen and oxygen atoms in total. The third-order valence-corrected chi connectivity index (χ3v) is 4.00. The van der Waals surface area contributed by atoms with Gasteiger partial charge in [-0.05, 0) is 24.6 Å². The van der Waals surface area contributed by atoms with Crippen LogP contribution in [-0.4, -0.2) is 19.6 Å². The first-order valence-electron chi connectivity index (χ1n) is 7.96. The molecule has 2 heterocycles. The van der Waals surface area contributed by atoms with Crippen LogP contribution in [-0.2, 0) is 6.54 Å². The quantitative estimate of drug-likeness (QED) is 0.569. The van der Waals surface area contributed by atoms with Crippen LogP contribution in [0.1, 0.15) is 11.1 Å². The minimum atomic E-state index is 0.772. The molecule has 0 aliphatic carbocycles. The fraction of sp³-hybridized carbons (Fsp3) is 0.100. The zero-order chi connectivity index (χ0) is 16.4. The molecule has 4 heteroatoms. The van der Waals surface area contributed by atoms with Gasteiger partial charge in [0.25, 0.3) is 0 Å². The third kappa shape index (κ3) is 2.99. The van der Waals surface area contributed by atoms with Gasteiger partial charge < -0.3 is 0 Å². The minimum Gasteiger partial charge on any atom is -0.268 e. The van der Waals surface area contributed by atoms with Crippen molar-refractivity contribution in [3.63, 3.8) is 0 Å². The molecule has 0 radical (unpaired) electrons. The molecular formula is C20H18N4. The van der Waals surface area contributed by atoms with Gasteiger partial charge in [-0.3, -0.25) is 4.68 Å². The van der Waals surface area contributed by atoms with Crippen LogP contribution < -0.4 is 0 Å². The van der Waals surface area contributed by atoms with E-state index in [0.29, 0.717) is 0 Å². The van der Waals surface area contributed by atoms with Crippen LogP contribution in [0.2, 0.25) is 0 Å². The fourth-order valence-electron chi connectivity index (χ4n) is 2.79. The molecule has 2 aromatic carbocycles. The second-order valence-electron chi connectivity index (χ2n) is 5.92. The molecule has 0 saturated heterocycles. The predicted molar refractivity (Wildman–Crippen MR) is 95.1 cm³/mol. The summed E-state index contributed by atoms with van der Waals surface area (Å²) in [5.74, 6) is 0. The maximum atomic E-state index is 4.48. The number of benzene rings is 2. The van der Waals surface area contributed by atoms with Gasteiger partial charge >= 0.3 is 0 Å². The van der Waals surface area contributed by atoms with Gasteiger partial charge in [0.15, 0.2) is 0 Å². The van der Waals surface area contributed by atoms with E-state index in [9.17, 15) is 0 Å². The minimum absolute atomic E-state index is 0.772. The van der Waals surface area contributed by atoms with Crippen molar-refractivity contribution in [2.75, 3.05) is 0 Å². The summed E-state index contributed by atoms with van der Waals surface area (Å²) < 4.78 is 3.84. The second-order valence-corrected chi connectivity index (χ2v) is 5.92. The zero-order valence-corrected chi connectivity index (χ0v) is 13.5. The van der Waals surface area contributed by atoms with Gasteiger partial charge in [0.05, 0.1) is 24.6 Å². The van der Waals surface area contributed by atoms with Crippen molar-refractivity contribution in [2.45, 2.75) is 13.5 Å². The molecule has 4 aromatic rings. The predicted octanol–water partition coefficient (Wildman–Crippen LogP) is 4.09. The zero-order valence-electron chi connectivity index (χ0n) is 13.5. The molecule has 0 unspecified atom stereocenters. The Hall–Kier alpha value is -3.14. The summed E-state index contributed by atoms with van der Waals surface area (Å²) in [6.07, 6.45) is 7.86. The summed E-state index contributed by atoms with van der Waals surface area (Å²) in [4.78, 5) is 0. The summed E-state index contributed by atoms with van der Waals surface area (Å²) in [6.45, 7) is 2.88. The van der Waals surface area contributed by atoms with E-state index >= 15 is 0 Å². The lowest BCUT2D eigenvalue weighted by molar-refractivity contribution is 0.686. The topological polar surface area (TPSA) is 35.6 Å². The Morgan fingerprint density at radius 3 is 2.46 bits per heavy atom. The van der Waals surface area contributed by atoms with E-state index in [2.05, 4.69) is 47.6 Å². The molecule has 0 fully saturated rings. The number of hydrogen-bond acceptors (Lipinski definition) is 2. The Labute approximate surface area is 141 Å². The van der Waals surface area contributed by atoms with Crippen LogP contribution in [0.25, 0.3) is 16.8 Å². The lowest BCUT2D eigenvalue weighted by Crippen LogP contribution is -1.99. The summed E-state index contributed by atoms with van der Waals surface area (Å²) in [5.41, 5.74) is 5.71. The summed E-state index contributed by atoms with van der Waals surface area (Å²) in [6, 6.07) is 18.6. The molecule has 0 spiro atoms. The first-order valence-corrected chi connectivity index (χ1v) is 7.96. The maximum Gasteiger partial charge on any atom is 0.0659 e. The van der Waals surface area contributed by atoms with Gasteiger partial charge in [-0.1, -0.05) is 48.0 Å². The molecule has 118 valence electrons. The molecular weight excluding hydrogens is 296 g/mol. The molecule has 0 amide bonds. The van der Waals surface area contributed by atoms with Gasteiger partial charge in [0, 0.05) is 23.5 Å². The van der Waals surface area contributed by atoms with Gasteiger partial charge in [-0.2, -0.15) is 10.2 Å². The Balaban J connectivity index is 1.56. The Kier molecular flexibility index (Phi) is 3.71. The molecule has 0 atom stereocenters. The summed E-state index contributed by atoms with van der Waals surface area (Å²) in [7, 11) is 0. The van der Waals surface area contributed by atoms with Crippen LogP contribution in [0.3, 0.4) is 0 Å². The van der Waals surface area contributed by atoms with Crippen molar-refractivity contribution >= 4 is 0 Å². The van der Waals surface area contributed by atoms with Crippen molar-refractivity contribution < 1.29 is 0 Å². The molecule has 2 aromatic heterocycles. The highest BCUT2D eigenvalue weighted by Crippen LogP contribution is 2.20. The molecule has 0 N–H and O–H groups in total. The van der Waals surface area contributed by atoms with Crippen molar-refractivity contribution in [1.29, 1.82) is 0 Å². The first kappa shape index (κ1) is 14.5. The van der Waals surface area contributed by atoms with Gasteiger partial charge in [-0.25, -0.2) is 4.68 Å². The maximum absolute atomic E-state index is 4.48. The lowest BCUT2D eigenvalue weighted by Gasteiger charge is -2.02. The SMILES string of the molecule is Cc1cccc(Cn2cc(-c3cnn(-c4ccccc4)c3)cn2)c1. The van der Waals surface area contributed by atoms with Crippen molar-refractivity contribution in [2.24, 2.45) is 0 Å². The van der Waals surface area contributed by atoms with E-state index in [1.807, 2.05) is 58.3 Å². The van der Waals surface area contributed by atoms with E-state index in [1.165, 1.54) is 11.1 Å². The highest BCUT2D eigenvalue weighted by Gasteiger charge is 2.06. The monoisotopic (exact) mass is 314 g/mol.